The van der Waals surface area contributed by atoms with Crippen molar-refractivity contribution in [3.63, 3.8) is 0 Å². The Morgan fingerprint density at radius 3 is 2.88 bits per heavy atom. The SMILES string of the molecule is c1ccc(-n2cnnc2[C@@H]2CCCNC2)cc1. The largest absolute Gasteiger partial charge is 0.316 e. The molecule has 1 aliphatic heterocycles. The first-order valence-electron chi connectivity index (χ1n) is 6.11. The van der Waals surface area contributed by atoms with Crippen LogP contribution in [0.3, 0.4) is 0 Å². The molecule has 1 aromatic heterocycles. The first kappa shape index (κ1) is 10.5. The maximum absolute atomic E-state index is 4.29. The first-order chi connectivity index (χ1) is 8.45. The Balaban J connectivity index is 1.93. The molecule has 4 heteroatoms. The summed E-state index contributed by atoms with van der Waals surface area (Å²) in [5, 5.41) is 11.8. The molecule has 17 heavy (non-hydrogen) atoms. The predicted molar refractivity (Wildman–Crippen MR) is 66.2 cm³/mol. The second kappa shape index (κ2) is 4.67. The van der Waals surface area contributed by atoms with Gasteiger partial charge in [0.05, 0.1) is 0 Å². The monoisotopic (exact) mass is 228 g/mol. The minimum Gasteiger partial charge on any atom is -0.316 e. The molecule has 1 N–H and O–H groups in total. The lowest BCUT2D eigenvalue weighted by Gasteiger charge is -2.22. The molecule has 1 aliphatic rings. The van der Waals surface area contributed by atoms with E-state index < -0.39 is 0 Å². The molecule has 0 unspecified atom stereocenters. The van der Waals surface area contributed by atoms with Gasteiger partial charge in [-0.1, -0.05) is 18.2 Å². The fourth-order valence-corrected chi connectivity index (χ4v) is 2.38. The normalized spacial score (nSPS) is 20.4. The van der Waals surface area contributed by atoms with Crippen molar-refractivity contribution in [1.29, 1.82) is 0 Å². The third kappa shape index (κ3) is 2.08. The van der Waals surface area contributed by atoms with Crippen LogP contribution in [0.25, 0.3) is 5.69 Å². The van der Waals surface area contributed by atoms with Crippen LogP contribution in [-0.4, -0.2) is 27.9 Å². The van der Waals surface area contributed by atoms with Crippen LogP contribution in [0.4, 0.5) is 0 Å². The van der Waals surface area contributed by atoms with Gasteiger partial charge in [-0.15, -0.1) is 10.2 Å². The zero-order valence-electron chi connectivity index (χ0n) is 9.71. The first-order valence-corrected chi connectivity index (χ1v) is 6.11. The molecule has 1 saturated heterocycles. The smallest absolute Gasteiger partial charge is 0.141 e. The summed E-state index contributed by atoms with van der Waals surface area (Å²) in [6.45, 7) is 2.13. The molecule has 3 rings (SSSR count). The van der Waals surface area contributed by atoms with Crippen LogP contribution >= 0.6 is 0 Å². The fraction of sp³-hybridized carbons (Fsp3) is 0.385. The third-order valence-corrected chi connectivity index (χ3v) is 3.27. The topological polar surface area (TPSA) is 42.7 Å². The van der Waals surface area contributed by atoms with E-state index in [1.165, 1.54) is 12.8 Å². The summed E-state index contributed by atoms with van der Waals surface area (Å²) in [4.78, 5) is 0. The van der Waals surface area contributed by atoms with E-state index in [4.69, 9.17) is 0 Å². The molecule has 88 valence electrons. The summed E-state index contributed by atoms with van der Waals surface area (Å²) in [7, 11) is 0. The second-order valence-corrected chi connectivity index (χ2v) is 4.44. The van der Waals surface area contributed by atoms with Gasteiger partial charge in [0.2, 0.25) is 0 Å². The molecule has 1 aromatic carbocycles. The van der Waals surface area contributed by atoms with Crippen molar-refractivity contribution in [2.24, 2.45) is 0 Å². The van der Waals surface area contributed by atoms with Crippen LogP contribution in [0.2, 0.25) is 0 Å². The van der Waals surface area contributed by atoms with Crippen LogP contribution in [0, 0.1) is 0 Å². The van der Waals surface area contributed by atoms with Crippen molar-refractivity contribution < 1.29 is 0 Å². The van der Waals surface area contributed by atoms with E-state index in [1.54, 1.807) is 6.33 Å². The molecule has 1 atom stereocenters. The maximum Gasteiger partial charge on any atom is 0.141 e. The van der Waals surface area contributed by atoms with E-state index in [-0.39, 0.29) is 0 Å². The van der Waals surface area contributed by atoms with Gasteiger partial charge in [0.15, 0.2) is 0 Å². The lowest BCUT2D eigenvalue weighted by Crippen LogP contribution is -2.29. The average molecular weight is 228 g/mol. The van der Waals surface area contributed by atoms with E-state index in [0.717, 1.165) is 24.6 Å². The van der Waals surface area contributed by atoms with Gasteiger partial charge in [-0.05, 0) is 31.5 Å². The quantitative estimate of drug-likeness (QED) is 0.851. The van der Waals surface area contributed by atoms with Crippen molar-refractivity contribution in [1.82, 2.24) is 20.1 Å². The highest BCUT2D eigenvalue weighted by Gasteiger charge is 2.20. The van der Waals surface area contributed by atoms with Gasteiger partial charge in [0.1, 0.15) is 12.2 Å². The Morgan fingerprint density at radius 1 is 1.24 bits per heavy atom. The molecule has 2 aromatic rings. The summed E-state index contributed by atoms with van der Waals surface area (Å²) in [5.41, 5.74) is 1.14. The summed E-state index contributed by atoms with van der Waals surface area (Å²) in [6, 6.07) is 10.3. The molecule has 1 fully saturated rings. The minimum absolute atomic E-state index is 0.478. The van der Waals surface area contributed by atoms with Gasteiger partial charge in [-0.2, -0.15) is 0 Å². The number of nitrogens with zero attached hydrogens (tertiary/aromatic N) is 3. The van der Waals surface area contributed by atoms with Crippen LogP contribution in [0.5, 0.6) is 0 Å². The predicted octanol–water partition coefficient (Wildman–Crippen LogP) is 1.73. The lowest BCUT2D eigenvalue weighted by atomic mass is 9.99. The Morgan fingerprint density at radius 2 is 2.12 bits per heavy atom. The maximum atomic E-state index is 4.29. The Labute approximate surface area is 101 Å². The molecule has 2 heterocycles. The van der Waals surface area contributed by atoms with Gasteiger partial charge in [-0.3, -0.25) is 4.57 Å². The molecule has 0 spiro atoms. The molecule has 0 amide bonds. The van der Waals surface area contributed by atoms with Gasteiger partial charge in [0.25, 0.3) is 0 Å². The van der Waals surface area contributed by atoms with Gasteiger partial charge < -0.3 is 5.32 Å². The molecular formula is C13H16N4. The molecule has 0 aliphatic carbocycles. The Kier molecular flexibility index (Phi) is 2.88. The summed E-state index contributed by atoms with van der Waals surface area (Å²) in [6.07, 6.45) is 4.21. The molecule has 0 radical (unpaired) electrons. The number of aromatic nitrogens is 3. The van der Waals surface area contributed by atoms with Crippen LogP contribution < -0.4 is 5.32 Å². The highest BCUT2D eigenvalue weighted by Crippen LogP contribution is 2.23. The van der Waals surface area contributed by atoms with Gasteiger partial charge >= 0.3 is 0 Å². The number of nitrogens with one attached hydrogen (secondary N) is 1. The number of hydrogen-bond donors (Lipinski definition) is 1. The Hall–Kier alpha value is -1.68. The second-order valence-electron chi connectivity index (χ2n) is 4.44. The van der Waals surface area contributed by atoms with Crippen LogP contribution in [-0.2, 0) is 0 Å². The van der Waals surface area contributed by atoms with Crippen LogP contribution in [0.15, 0.2) is 36.7 Å². The van der Waals surface area contributed by atoms with E-state index in [9.17, 15) is 0 Å². The minimum atomic E-state index is 0.478. The number of piperidine rings is 1. The van der Waals surface area contributed by atoms with E-state index >= 15 is 0 Å². The fourth-order valence-electron chi connectivity index (χ4n) is 2.38. The van der Waals surface area contributed by atoms with E-state index in [2.05, 4.69) is 32.2 Å². The number of benzene rings is 1. The number of hydrogen-bond acceptors (Lipinski definition) is 3. The van der Waals surface area contributed by atoms with E-state index in [0.29, 0.717) is 5.92 Å². The summed E-state index contributed by atoms with van der Waals surface area (Å²) < 4.78 is 2.09. The van der Waals surface area contributed by atoms with E-state index in [1.807, 2.05) is 18.2 Å². The zero-order chi connectivity index (χ0) is 11.5. The van der Waals surface area contributed by atoms with Crippen molar-refractivity contribution in [2.75, 3.05) is 13.1 Å². The third-order valence-electron chi connectivity index (χ3n) is 3.27. The van der Waals surface area contributed by atoms with Crippen LogP contribution in [0.1, 0.15) is 24.6 Å². The summed E-state index contributed by atoms with van der Waals surface area (Å²) in [5.74, 6) is 1.55. The molecule has 0 saturated carbocycles. The summed E-state index contributed by atoms with van der Waals surface area (Å²) >= 11 is 0. The zero-order valence-corrected chi connectivity index (χ0v) is 9.71. The number of para-hydroxylation sites is 1. The van der Waals surface area contributed by atoms with Crippen molar-refractivity contribution in [3.8, 4) is 5.69 Å². The lowest BCUT2D eigenvalue weighted by molar-refractivity contribution is 0.442. The van der Waals surface area contributed by atoms with Crippen molar-refractivity contribution in [3.05, 3.63) is 42.5 Å². The molecule has 0 bridgehead atoms. The molecule has 4 nitrogen and oxygen atoms in total. The Bertz CT molecular complexity index is 471. The van der Waals surface area contributed by atoms with Gasteiger partial charge in [0, 0.05) is 18.2 Å². The average Bonchev–Trinajstić information content (AvgIpc) is 2.90. The molecular weight excluding hydrogens is 212 g/mol. The highest BCUT2D eigenvalue weighted by atomic mass is 15.3. The standard InChI is InChI=1S/C13H16N4/c1-2-6-12(7-3-1)17-10-15-16-13(17)11-5-4-8-14-9-11/h1-3,6-7,10-11,14H,4-5,8-9H2/t11-/m1/s1. The highest BCUT2D eigenvalue weighted by molar-refractivity contribution is 5.32. The number of rotatable bonds is 2. The van der Waals surface area contributed by atoms with Crippen molar-refractivity contribution in [2.45, 2.75) is 18.8 Å². The van der Waals surface area contributed by atoms with Gasteiger partial charge in [-0.25, -0.2) is 0 Å². The van der Waals surface area contributed by atoms with Crippen molar-refractivity contribution >= 4 is 0 Å².